The lowest BCUT2D eigenvalue weighted by Crippen LogP contribution is -2.00. The van der Waals surface area contributed by atoms with E-state index in [0.29, 0.717) is 22.8 Å². The van der Waals surface area contributed by atoms with Gasteiger partial charge < -0.3 is 14.0 Å². The Balaban J connectivity index is 1.77. The third-order valence-electron chi connectivity index (χ3n) is 3.76. The van der Waals surface area contributed by atoms with Gasteiger partial charge in [-0.1, -0.05) is 18.2 Å². The molecule has 4 rings (SSSR count). The van der Waals surface area contributed by atoms with E-state index in [2.05, 4.69) is 0 Å². The van der Waals surface area contributed by atoms with Crippen LogP contribution < -0.4 is 9.47 Å². The number of allylic oxidation sites excluding steroid dienone is 1. The second-order valence-electron chi connectivity index (χ2n) is 5.07. The molecule has 0 amide bonds. The van der Waals surface area contributed by atoms with Crippen LogP contribution in [0.3, 0.4) is 0 Å². The van der Waals surface area contributed by atoms with Gasteiger partial charge in [-0.2, -0.15) is 0 Å². The highest BCUT2D eigenvalue weighted by Crippen LogP contribution is 2.34. The van der Waals surface area contributed by atoms with E-state index in [4.69, 9.17) is 9.47 Å². The molecule has 0 N–H and O–H groups in total. The fourth-order valence-corrected chi connectivity index (χ4v) is 2.63. The van der Waals surface area contributed by atoms with E-state index < -0.39 is 0 Å². The Morgan fingerprint density at radius 3 is 2.86 bits per heavy atom. The molecule has 108 valence electrons. The highest BCUT2D eigenvalue weighted by molar-refractivity contribution is 6.14. The number of ether oxygens (including phenoxy) is 2. The topological polar surface area (TPSA) is 40.5 Å². The Kier molecular flexibility index (Phi) is 2.76. The van der Waals surface area contributed by atoms with Crippen molar-refractivity contribution in [3.63, 3.8) is 0 Å². The summed E-state index contributed by atoms with van der Waals surface area (Å²) in [4.78, 5) is 12.4. The summed E-state index contributed by atoms with van der Waals surface area (Å²) in [5.41, 5.74) is 1.59. The van der Waals surface area contributed by atoms with Crippen LogP contribution >= 0.6 is 0 Å². The van der Waals surface area contributed by atoms with E-state index in [-0.39, 0.29) is 5.78 Å². The van der Waals surface area contributed by atoms with Crippen molar-refractivity contribution in [3.05, 3.63) is 66.1 Å². The summed E-state index contributed by atoms with van der Waals surface area (Å²) in [6.45, 7) is 0. The molecule has 1 aromatic heterocycles. The summed E-state index contributed by atoms with van der Waals surface area (Å²) in [5, 5.41) is 1.11. The van der Waals surface area contributed by atoms with Crippen LogP contribution in [0, 0.1) is 0 Å². The standard InChI is InChI=1S/C18H13NO3/c1-21-13-6-7-14-16(10-13)22-17(18(14)20)11-19-9-8-12-4-2-3-5-15(12)19/h2-11H,1H3. The molecule has 0 spiro atoms. The third kappa shape index (κ3) is 1.89. The average molecular weight is 291 g/mol. The minimum atomic E-state index is -0.115. The smallest absolute Gasteiger partial charge is 0.233 e. The zero-order valence-electron chi connectivity index (χ0n) is 11.9. The summed E-state index contributed by atoms with van der Waals surface area (Å²) in [5.74, 6) is 1.39. The summed E-state index contributed by atoms with van der Waals surface area (Å²) >= 11 is 0. The Labute approximate surface area is 127 Å². The molecule has 0 aliphatic carbocycles. The number of carbonyl (C=O) groups is 1. The quantitative estimate of drug-likeness (QED) is 0.676. The average Bonchev–Trinajstić information content (AvgIpc) is 3.10. The Morgan fingerprint density at radius 2 is 2.00 bits per heavy atom. The predicted molar refractivity (Wildman–Crippen MR) is 84.2 cm³/mol. The van der Waals surface area contributed by atoms with Crippen molar-refractivity contribution in [1.29, 1.82) is 0 Å². The number of benzene rings is 2. The molecule has 0 radical (unpaired) electrons. The van der Waals surface area contributed by atoms with Gasteiger partial charge in [0.05, 0.1) is 24.4 Å². The molecule has 0 fully saturated rings. The number of aromatic nitrogens is 1. The number of para-hydroxylation sites is 1. The first kappa shape index (κ1) is 12.7. The molecule has 1 aliphatic heterocycles. The fraction of sp³-hybridized carbons (Fsp3) is 0.0556. The second kappa shape index (κ2) is 4.77. The van der Waals surface area contributed by atoms with Crippen LogP contribution in [0.25, 0.3) is 17.1 Å². The largest absolute Gasteiger partial charge is 0.497 e. The van der Waals surface area contributed by atoms with Crippen LogP contribution in [-0.4, -0.2) is 17.5 Å². The fourth-order valence-electron chi connectivity index (χ4n) is 2.63. The van der Waals surface area contributed by atoms with Gasteiger partial charge in [0.1, 0.15) is 11.5 Å². The summed E-state index contributed by atoms with van der Waals surface area (Å²) in [6.07, 6.45) is 3.63. The first-order valence-electron chi connectivity index (χ1n) is 6.94. The number of nitrogens with zero attached hydrogens (tertiary/aromatic N) is 1. The number of fused-ring (bicyclic) bond motifs is 2. The lowest BCUT2D eigenvalue weighted by Gasteiger charge is -2.02. The summed E-state index contributed by atoms with van der Waals surface area (Å²) in [7, 11) is 1.58. The predicted octanol–water partition coefficient (Wildman–Crippen LogP) is 3.72. The molecule has 0 saturated heterocycles. The number of ketones is 1. The highest BCUT2D eigenvalue weighted by atomic mass is 16.5. The van der Waals surface area contributed by atoms with Crippen LogP contribution in [0.2, 0.25) is 0 Å². The van der Waals surface area contributed by atoms with Gasteiger partial charge in [-0.15, -0.1) is 0 Å². The third-order valence-corrected chi connectivity index (χ3v) is 3.76. The lowest BCUT2D eigenvalue weighted by molar-refractivity contribution is 0.101. The second-order valence-corrected chi connectivity index (χ2v) is 5.07. The maximum Gasteiger partial charge on any atom is 0.233 e. The SMILES string of the molecule is COc1ccc2c(c1)OC(=Cn1ccc3ccccc31)C2=O. The highest BCUT2D eigenvalue weighted by Gasteiger charge is 2.28. The van der Waals surface area contributed by atoms with E-state index in [0.717, 1.165) is 10.9 Å². The maximum atomic E-state index is 12.4. The van der Waals surface area contributed by atoms with Crippen molar-refractivity contribution in [2.45, 2.75) is 0 Å². The molecular weight excluding hydrogens is 278 g/mol. The van der Waals surface area contributed by atoms with Crippen LogP contribution in [0.5, 0.6) is 11.5 Å². The molecular formula is C18H13NO3. The maximum absolute atomic E-state index is 12.4. The van der Waals surface area contributed by atoms with Gasteiger partial charge in [-0.3, -0.25) is 4.79 Å². The van der Waals surface area contributed by atoms with Gasteiger partial charge in [0, 0.05) is 12.3 Å². The Bertz CT molecular complexity index is 921. The molecule has 1 aliphatic rings. The molecule has 4 heteroatoms. The number of rotatable bonds is 2. The Hall–Kier alpha value is -3.01. The van der Waals surface area contributed by atoms with Gasteiger partial charge in [0.15, 0.2) is 5.76 Å². The van der Waals surface area contributed by atoms with Crippen LogP contribution in [0.15, 0.2) is 60.5 Å². The van der Waals surface area contributed by atoms with Gasteiger partial charge in [0.2, 0.25) is 5.78 Å². The Morgan fingerprint density at radius 1 is 1.14 bits per heavy atom. The van der Waals surface area contributed by atoms with Crippen molar-refractivity contribution < 1.29 is 14.3 Å². The van der Waals surface area contributed by atoms with Gasteiger partial charge >= 0.3 is 0 Å². The van der Waals surface area contributed by atoms with Crippen molar-refractivity contribution in [3.8, 4) is 11.5 Å². The molecule has 0 bridgehead atoms. The number of Topliss-reactive ketones (excluding diaryl/α,β-unsaturated/α-hetero) is 1. The van der Waals surface area contributed by atoms with Crippen molar-refractivity contribution in [2.75, 3.05) is 7.11 Å². The number of hydrogen-bond acceptors (Lipinski definition) is 3. The van der Waals surface area contributed by atoms with Gasteiger partial charge in [-0.25, -0.2) is 0 Å². The van der Waals surface area contributed by atoms with Crippen LogP contribution in [0.1, 0.15) is 10.4 Å². The number of carbonyl (C=O) groups excluding carboxylic acids is 1. The monoisotopic (exact) mass is 291 g/mol. The summed E-state index contributed by atoms with van der Waals surface area (Å²) in [6, 6.07) is 15.2. The normalized spacial score (nSPS) is 15.1. The first-order chi connectivity index (χ1) is 10.8. The zero-order chi connectivity index (χ0) is 15.1. The summed E-state index contributed by atoms with van der Waals surface area (Å²) < 4.78 is 12.7. The van der Waals surface area contributed by atoms with E-state index >= 15 is 0 Å². The molecule has 0 saturated carbocycles. The minimum Gasteiger partial charge on any atom is -0.497 e. The molecule has 4 nitrogen and oxygen atoms in total. The van der Waals surface area contributed by atoms with E-state index in [9.17, 15) is 4.79 Å². The zero-order valence-corrected chi connectivity index (χ0v) is 11.9. The van der Waals surface area contributed by atoms with E-state index in [1.807, 2.05) is 41.1 Å². The van der Waals surface area contributed by atoms with Crippen LogP contribution in [-0.2, 0) is 0 Å². The van der Waals surface area contributed by atoms with E-state index in [1.54, 1.807) is 31.5 Å². The van der Waals surface area contributed by atoms with Crippen LogP contribution in [0.4, 0.5) is 0 Å². The number of hydrogen-bond donors (Lipinski definition) is 0. The van der Waals surface area contributed by atoms with Crippen molar-refractivity contribution >= 4 is 22.9 Å². The van der Waals surface area contributed by atoms with E-state index in [1.165, 1.54) is 0 Å². The first-order valence-corrected chi connectivity index (χ1v) is 6.94. The van der Waals surface area contributed by atoms with Crippen molar-refractivity contribution in [2.24, 2.45) is 0 Å². The molecule has 2 aromatic carbocycles. The minimum absolute atomic E-state index is 0.115. The molecule has 3 aromatic rings. The number of methoxy groups -OCH3 is 1. The molecule has 22 heavy (non-hydrogen) atoms. The van der Waals surface area contributed by atoms with Gasteiger partial charge in [-0.05, 0) is 29.7 Å². The van der Waals surface area contributed by atoms with Gasteiger partial charge in [0.25, 0.3) is 0 Å². The molecule has 0 atom stereocenters. The lowest BCUT2D eigenvalue weighted by atomic mass is 10.1. The van der Waals surface area contributed by atoms with Crippen molar-refractivity contribution in [1.82, 2.24) is 4.57 Å². The molecule has 0 unspecified atom stereocenters. The molecule has 2 heterocycles.